The highest BCUT2D eigenvalue weighted by Gasteiger charge is 2.42. The normalized spacial score (nSPS) is 28.1. The summed E-state index contributed by atoms with van der Waals surface area (Å²) in [6, 6.07) is 2.49. The molecule has 1 aliphatic carbocycles. The highest BCUT2D eigenvalue weighted by Crippen LogP contribution is 2.38. The Balaban J connectivity index is 1.79. The van der Waals surface area contributed by atoms with Crippen LogP contribution in [0.15, 0.2) is 16.8 Å². The Bertz CT molecular complexity index is 455. The van der Waals surface area contributed by atoms with E-state index >= 15 is 0 Å². The van der Waals surface area contributed by atoms with Crippen molar-refractivity contribution in [1.29, 1.82) is 0 Å². The van der Waals surface area contributed by atoms with Gasteiger partial charge in [-0.1, -0.05) is 26.2 Å². The molecule has 1 aromatic heterocycles. The number of carbonyl (C=O) groups excluding carboxylic acids is 1. The van der Waals surface area contributed by atoms with E-state index in [1.165, 1.54) is 18.4 Å². The lowest BCUT2D eigenvalue weighted by molar-refractivity contribution is -0.132. The zero-order valence-corrected chi connectivity index (χ0v) is 13.2. The first kappa shape index (κ1) is 14.1. The molecule has 2 fully saturated rings. The van der Waals surface area contributed by atoms with Crippen LogP contribution in [0.2, 0.25) is 0 Å². The molecule has 3 nitrogen and oxygen atoms in total. The van der Waals surface area contributed by atoms with E-state index in [9.17, 15) is 4.79 Å². The number of amides is 1. The highest BCUT2D eigenvalue weighted by atomic mass is 32.1. The summed E-state index contributed by atoms with van der Waals surface area (Å²) >= 11 is 1.70. The van der Waals surface area contributed by atoms with Crippen molar-refractivity contribution in [3.63, 3.8) is 0 Å². The molecule has 1 aliphatic heterocycles. The van der Waals surface area contributed by atoms with Crippen LogP contribution in [0.25, 0.3) is 0 Å². The monoisotopic (exact) mass is 292 g/mol. The predicted octanol–water partition coefficient (Wildman–Crippen LogP) is 3.54. The molecule has 0 spiro atoms. The molecule has 2 aliphatic rings. The molecule has 1 amide bonds. The van der Waals surface area contributed by atoms with Gasteiger partial charge in [-0.3, -0.25) is 10.1 Å². The highest BCUT2D eigenvalue weighted by molar-refractivity contribution is 7.07. The van der Waals surface area contributed by atoms with Crippen molar-refractivity contribution in [2.45, 2.75) is 64.2 Å². The molecule has 1 aromatic rings. The van der Waals surface area contributed by atoms with Gasteiger partial charge in [-0.25, -0.2) is 0 Å². The number of hydrogen-bond acceptors (Lipinski definition) is 3. The van der Waals surface area contributed by atoms with Crippen LogP contribution in [0.4, 0.5) is 0 Å². The van der Waals surface area contributed by atoms with Crippen LogP contribution >= 0.6 is 11.3 Å². The zero-order valence-electron chi connectivity index (χ0n) is 12.3. The summed E-state index contributed by atoms with van der Waals surface area (Å²) in [4.78, 5) is 14.8. The average Bonchev–Trinajstić information content (AvgIpc) is 2.96. The largest absolute Gasteiger partial charge is 0.319 e. The third-order valence-electron chi connectivity index (χ3n) is 4.47. The Morgan fingerprint density at radius 3 is 2.90 bits per heavy atom. The zero-order chi connectivity index (χ0) is 14.1. The molecule has 1 saturated carbocycles. The molecule has 3 rings (SSSR count). The van der Waals surface area contributed by atoms with E-state index in [1.54, 1.807) is 11.3 Å². The summed E-state index contributed by atoms with van der Waals surface area (Å²) in [5.74, 6) is 1.15. The van der Waals surface area contributed by atoms with Gasteiger partial charge in [-0.2, -0.15) is 11.3 Å². The molecule has 3 unspecified atom stereocenters. The van der Waals surface area contributed by atoms with Gasteiger partial charge in [0.1, 0.15) is 6.17 Å². The third kappa shape index (κ3) is 2.77. The van der Waals surface area contributed by atoms with Crippen LogP contribution in [-0.2, 0) is 4.79 Å². The lowest BCUT2D eigenvalue weighted by atomic mass is 10.1. The minimum Gasteiger partial charge on any atom is -0.319 e. The predicted molar refractivity (Wildman–Crippen MR) is 82.5 cm³/mol. The standard InChI is InChI=1S/C16H24N2OS/c1-3-4-14-16(19)18(11(2)9-12-5-6-12)15(17-14)13-7-8-20-10-13/h7-8,10-12,14-15,17H,3-6,9H2,1-2H3. The Labute approximate surface area is 125 Å². The summed E-state index contributed by atoms with van der Waals surface area (Å²) in [5.41, 5.74) is 1.24. The minimum atomic E-state index is 0.00607. The number of nitrogens with zero attached hydrogens (tertiary/aromatic N) is 1. The third-order valence-corrected chi connectivity index (χ3v) is 5.17. The van der Waals surface area contributed by atoms with Crippen LogP contribution in [0.3, 0.4) is 0 Å². The van der Waals surface area contributed by atoms with Crippen molar-refractivity contribution in [2.75, 3.05) is 0 Å². The van der Waals surface area contributed by atoms with Crippen molar-refractivity contribution in [3.8, 4) is 0 Å². The maximum atomic E-state index is 12.7. The van der Waals surface area contributed by atoms with Gasteiger partial charge in [0.05, 0.1) is 6.04 Å². The number of rotatable bonds is 6. The second kappa shape index (κ2) is 5.86. The van der Waals surface area contributed by atoms with Crippen LogP contribution < -0.4 is 5.32 Å². The van der Waals surface area contributed by atoms with Gasteiger partial charge in [0.15, 0.2) is 0 Å². The van der Waals surface area contributed by atoms with E-state index in [0.717, 1.165) is 25.2 Å². The van der Waals surface area contributed by atoms with E-state index in [4.69, 9.17) is 0 Å². The molecule has 2 heterocycles. The molecule has 0 aromatic carbocycles. The second-order valence-electron chi connectivity index (χ2n) is 6.24. The summed E-state index contributed by atoms with van der Waals surface area (Å²) < 4.78 is 0. The van der Waals surface area contributed by atoms with E-state index in [1.807, 2.05) is 0 Å². The van der Waals surface area contributed by atoms with E-state index in [2.05, 4.69) is 40.9 Å². The van der Waals surface area contributed by atoms with Crippen molar-refractivity contribution in [2.24, 2.45) is 5.92 Å². The van der Waals surface area contributed by atoms with Crippen LogP contribution in [-0.4, -0.2) is 22.9 Å². The molecule has 0 bridgehead atoms. The summed E-state index contributed by atoms with van der Waals surface area (Å²) in [6.45, 7) is 4.36. The van der Waals surface area contributed by atoms with Gasteiger partial charge >= 0.3 is 0 Å². The van der Waals surface area contributed by atoms with Gasteiger partial charge in [0, 0.05) is 6.04 Å². The van der Waals surface area contributed by atoms with Crippen molar-refractivity contribution >= 4 is 17.2 Å². The first-order chi connectivity index (χ1) is 9.70. The van der Waals surface area contributed by atoms with Gasteiger partial charge in [0.2, 0.25) is 5.91 Å². The van der Waals surface area contributed by atoms with Crippen LogP contribution in [0.5, 0.6) is 0 Å². The molecule has 4 heteroatoms. The average molecular weight is 292 g/mol. The molecule has 110 valence electrons. The van der Waals surface area contributed by atoms with Crippen LogP contribution in [0.1, 0.15) is 57.7 Å². The first-order valence-electron chi connectivity index (χ1n) is 7.81. The van der Waals surface area contributed by atoms with Gasteiger partial charge in [-0.05, 0) is 48.1 Å². The van der Waals surface area contributed by atoms with Crippen LogP contribution in [0, 0.1) is 5.92 Å². The Kier molecular flexibility index (Phi) is 4.13. The second-order valence-corrected chi connectivity index (χ2v) is 7.02. The molecular weight excluding hydrogens is 268 g/mol. The molecule has 0 radical (unpaired) electrons. The van der Waals surface area contributed by atoms with E-state index < -0.39 is 0 Å². The van der Waals surface area contributed by atoms with Gasteiger partial charge < -0.3 is 4.90 Å². The molecular formula is C16H24N2OS. The van der Waals surface area contributed by atoms with E-state index in [-0.39, 0.29) is 12.2 Å². The Hall–Kier alpha value is -0.870. The molecule has 20 heavy (non-hydrogen) atoms. The number of nitrogens with one attached hydrogen (secondary N) is 1. The van der Waals surface area contributed by atoms with Crippen molar-refractivity contribution in [3.05, 3.63) is 22.4 Å². The fourth-order valence-electron chi connectivity index (χ4n) is 3.25. The lowest BCUT2D eigenvalue weighted by Crippen LogP contribution is -2.38. The summed E-state index contributed by atoms with van der Waals surface area (Å²) in [5, 5.41) is 7.81. The maximum Gasteiger partial charge on any atom is 0.241 e. The minimum absolute atomic E-state index is 0.00607. The smallest absolute Gasteiger partial charge is 0.241 e. The van der Waals surface area contributed by atoms with Crippen molar-refractivity contribution < 1.29 is 4.79 Å². The topological polar surface area (TPSA) is 32.3 Å². The lowest BCUT2D eigenvalue weighted by Gasteiger charge is -2.30. The van der Waals surface area contributed by atoms with E-state index in [0.29, 0.717) is 11.9 Å². The first-order valence-corrected chi connectivity index (χ1v) is 8.75. The number of thiophene rings is 1. The quantitative estimate of drug-likeness (QED) is 0.870. The maximum absolute atomic E-state index is 12.7. The molecule has 1 saturated heterocycles. The SMILES string of the molecule is CCCC1NC(c2ccsc2)N(C(C)CC2CC2)C1=O. The van der Waals surface area contributed by atoms with Gasteiger partial charge in [-0.15, -0.1) is 0 Å². The summed E-state index contributed by atoms with van der Waals surface area (Å²) in [6.07, 6.45) is 5.92. The Morgan fingerprint density at radius 1 is 1.50 bits per heavy atom. The number of carbonyl (C=O) groups is 1. The fraction of sp³-hybridized carbons (Fsp3) is 0.688. The van der Waals surface area contributed by atoms with Crippen molar-refractivity contribution in [1.82, 2.24) is 10.2 Å². The molecule has 1 N–H and O–H groups in total. The fourth-order valence-corrected chi connectivity index (χ4v) is 3.93. The van der Waals surface area contributed by atoms with Gasteiger partial charge in [0.25, 0.3) is 0 Å². The number of hydrogen-bond donors (Lipinski definition) is 1. The molecule has 3 atom stereocenters. The summed E-state index contributed by atoms with van der Waals surface area (Å²) in [7, 11) is 0. The Morgan fingerprint density at radius 2 is 2.30 bits per heavy atom.